The van der Waals surface area contributed by atoms with E-state index >= 15 is 0 Å². The SMILES string of the molecule is CCOC(=O)C1=C(N)OC2=C(C(=O)C[C@@H](c3ccccc3)C2)[C@@H]1c1ccccc1C. The number of carbonyl (C=O) groups excluding carboxylic acids is 2. The summed E-state index contributed by atoms with van der Waals surface area (Å²) in [5, 5.41) is 0. The minimum absolute atomic E-state index is 0.0157. The second-order valence-corrected chi connectivity index (χ2v) is 7.67. The van der Waals surface area contributed by atoms with Crippen molar-refractivity contribution in [2.75, 3.05) is 6.61 Å². The van der Waals surface area contributed by atoms with Crippen molar-refractivity contribution in [2.45, 2.75) is 38.5 Å². The van der Waals surface area contributed by atoms with Crippen molar-refractivity contribution in [1.29, 1.82) is 0 Å². The summed E-state index contributed by atoms with van der Waals surface area (Å²) in [5.74, 6) is -0.563. The van der Waals surface area contributed by atoms with Crippen LogP contribution in [0.2, 0.25) is 0 Å². The summed E-state index contributed by atoms with van der Waals surface area (Å²) in [5.41, 5.74) is 9.89. The van der Waals surface area contributed by atoms with Crippen LogP contribution in [-0.2, 0) is 19.1 Å². The van der Waals surface area contributed by atoms with Gasteiger partial charge in [-0.2, -0.15) is 0 Å². The van der Waals surface area contributed by atoms with Crippen molar-refractivity contribution in [3.05, 3.63) is 94.1 Å². The summed E-state index contributed by atoms with van der Waals surface area (Å²) in [4.78, 5) is 26.2. The summed E-state index contributed by atoms with van der Waals surface area (Å²) < 4.78 is 11.2. The van der Waals surface area contributed by atoms with E-state index in [1.54, 1.807) is 6.92 Å². The van der Waals surface area contributed by atoms with E-state index in [-0.39, 0.29) is 29.8 Å². The molecule has 1 aliphatic heterocycles. The predicted molar refractivity (Wildman–Crippen MR) is 113 cm³/mol. The molecule has 0 unspecified atom stereocenters. The van der Waals surface area contributed by atoms with E-state index in [9.17, 15) is 9.59 Å². The van der Waals surface area contributed by atoms with Crippen LogP contribution in [0, 0.1) is 6.92 Å². The Bertz CT molecular complexity index is 1050. The van der Waals surface area contributed by atoms with Crippen LogP contribution in [0.5, 0.6) is 0 Å². The van der Waals surface area contributed by atoms with E-state index in [4.69, 9.17) is 15.2 Å². The van der Waals surface area contributed by atoms with Crippen LogP contribution in [0.15, 0.2) is 77.4 Å². The first-order valence-electron chi connectivity index (χ1n) is 10.2. The minimum Gasteiger partial charge on any atom is -0.462 e. The number of aryl methyl sites for hydroxylation is 1. The number of ether oxygens (including phenoxy) is 2. The van der Waals surface area contributed by atoms with Gasteiger partial charge in [-0.3, -0.25) is 4.79 Å². The Balaban J connectivity index is 1.82. The average molecular weight is 403 g/mol. The summed E-state index contributed by atoms with van der Waals surface area (Å²) in [6, 6.07) is 17.7. The second-order valence-electron chi connectivity index (χ2n) is 7.67. The molecular weight excluding hydrogens is 378 g/mol. The standard InChI is InChI=1S/C25H25NO4/c1-3-29-25(28)23-21(18-12-8-7-9-15(18)2)22-19(27)13-17(14-20(22)30-24(23)26)16-10-5-4-6-11-16/h4-12,17,21H,3,13-14,26H2,1-2H3/t17-,21+/m1/s1. The van der Waals surface area contributed by atoms with E-state index in [0.29, 0.717) is 24.2 Å². The van der Waals surface area contributed by atoms with Crippen LogP contribution in [-0.4, -0.2) is 18.4 Å². The summed E-state index contributed by atoms with van der Waals surface area (Å²) in [7, 11) is 0. The van der Waals surface area contributed by atoms with Gasteiger partial charge in [0.2, 0.25) is 5.88 Å². The smallest absolute Gasteiger partial charge is 0.340 e. The van der Waals surface area contributed by atoms with Gasteiger partial charge in [-0.05, 0) is 36.5 Å². The summed E-state index contributed by atoms with van der Waals surface area (Å²) >= 11 is 0. The van der Waals surface area contributed by atoms with Crippen molar-refractivity contribution in [3.8, 4) is 0 Å². The zero-order valence-corrected chi connectivity index (χ0v) is 17.2. The number of ketones is 1. The van der Waals surface area contributed by atoms with Gasteiger partial charge < -0.3 is 15.2 Å². The molecule has 2 aromatic carbocycles. The lowest BCUT2D eigenvalue weighted by Crippen LogP contribution is -2.33. The van der Waals surface area contributed by atoms with Gasteiger partial charge in [-0.25, -0.2) is 4.79 Å². The fourth-order valence-electron chi connectivity index (χ4n) is 4.40. The minimum atomic E-state index is -0.585. The van der Waals surface area contributed by atoms with Crippen molar-refractivity contribution in [1.82, 2.24) is 0 Å². The van der Waals surface area contributed by atoms with E-state index in [1.165, 1.54) is 0 Å². The molecule has 1 heterocycles. The normalized spacial score (nSPS) is 21.2. The average Bonchev–Trinajstić information content (AvgIpc) is 2.74. The van der Waals surface area contributed by atoms with Gasteiger partial charge in [0, 0.05) is 18.4 Å². The second kappa shape index (κ2) is 8.19. The Morgan fingerprint density at radius 3 is 2.50 bits per heavy atom. The number of nitrogens with two attached hydrogens (primary N) is 1. The number of allylic oxidation sites excluding steroid dienone is 2. The molecule has 30 heavy (non-hydrogen) atoms. The third kappa shape index (κ3) is 3.52. The van der Waals surface area contributed by atoms with Gasteiger partial charge in [-0.15, -0.1) is 0 Å². The first-order valence-corrected chi connectivity index (χ1v) is 10.2. The Morgan fingerprint density at radius 2 is 1.80 bits per heavy atom. The van der Waals surface area contributed by atoms with Crippen LogP contribution >= 0.6 is 0 Å². The first kappa shape index (κ1) is 20.0. The summed E-state index contributed by atoms with van der Waals surface area (Å²) in [6.45, 7) is 3.91. The van der Waals surface area contributed by atoms with Crippen molar-refractivity contribution >= 4 is 11.8 Å². The number of rotatable bonds is 4. The number of benzene rings is 2. The van der Waals surface area contributed by atoms with Crippen LogP contribution in [0.4, 0.5) is 0 Å². The Hall–Kier alpha value is -3.34. The molecule has 0 saturated carbocycles. The van der Waals surface area contributed by atoms with Crippen LogP contribution in [0.1, 0.15) is 48.3 Å². The van der Waals surface area contributed by atoms with Gasteiger partial charge in [0.15, 0.2) is 5.78 Å². The molecule has 0 fully saturated rings. The van der Waals surface area contributed by atoms with Crippen molar-refractivity contribution < 1.29 is 19.1 Å². The van der Waals surface area contributed by atoms with E-state index in [2.05, 4.69) is 0 Å². The molecule has 2 aromatic rings. The molecule has 154 valence electrons. The highest BCUT2D eigenvalue weighted by Gasteiger charge is 2.43. The predicted octanol–water partition coefficient (Wildman–Crippen LogP) is 4.24. The van der Waals surface area contributed by atoms with Crippen LogP contribution < -0.4 is 5.73 Å². The number of esters is 1. The van der Waals surface area contributed by atoms with Gasteiger partial charge in [0.1, 0.15) is 11.3 Å². The molecule has 0 bridgehead atoms. The molecule has 0 aromatic heterocycles. The topological polar surface area (TPSA) is 78.6 Å². The maximum atomic E-state index is 13.4. The third-order valence-corrected chi connectivity index (χ3v) is 5.81. The van der Waals surface area contributed by atoms with E-state index < -0.39 is 11.9 Å². The molecular formula is C25H25NO4. The first-order chi connectivity index (χ1) is 14.5. The maximum absolute atomic E-state index is 13.4. The fourth-order valence-corrected chi connectivity index (χ4v) is 4.40. The van der Waals surface area contributed by atoms with Gasteiger partial charge >= 0.3 is 5.97 Å². The lowest BCUT2D eigenvalue weighted by molar-refractivity contribution is -0.139. The molecule has 0 spiro atoms. The van der Waals surface area contributed by atoms with Gasteiger partial charge in [-0.1, -0.05) is 54.6 Å². The van der Waals surface area contributed by atoms with Crippen molar-refractivity contribution in [3.63, 3.8) is 0 Å². The number of hydrogen-bond acceptors (Lipinski definition) is 5. The highest BCUT2D eigenvalue weighted by molar-refractivity contribution is 6.03. The Morgan fingerprint density at radius 1 is 1.10 bits per heavy atom. The maximum Gasteiger partial charge on any atom is 0.340 e. The molecule has 2 aliphatic rings. The highest BCUT2D eigenvalue weighted by atomic mass is 16.5. The van der Waals surface area contributed by atoms with Crippen LogP contribution in [0.25, 0.3) is 0 Å². The summed E-state index contributed by atoms with van der Waals surface area (Å²) in [6.07, 6.45) is 0.925. The van der Waals surface area contributed by atoms with Crippen LogP contribution in [0.3, 0.4) is 0 Å². The molecule has 1 aliphatic carbocycles. The lowest BCUT2D eigenvalue weighted by Gasteiger charge is -2.35. The Labute approximate surface area is 176 Å². The highest BCUT2D eigenvalue weighted by Crippen LogP contribution is 2.47. The molecule has 5 nitrogen and oxygen atoms in total. The number of Topliss-reactive ketones (excluding diaryl/α,β-unsaturated/α-hetero) is 1. The quantitative estimate of drug-likeness (QED) is 0.773. The Kier molecular flexibility index (Phi) is 5.44. The zero-order chi connectivity index (χ0) is 21.3. The van der Waals surface area contributed by atoms with Gasteiger partial charge in [0.25, 0.3) is 0 Å². The largest absolute Gasteiger partial charge is 0.462 e. The van der Waals surface area contributed by atoms with Gasteiger partial charge in [0.05, 0.1) is 12.5 Å². The third-order valence-electron chi connectivity index (χ3n) is 5.81. The zero-order valence-electron chi connectivity index (χ0n) is 17.2. The monoisotopic (exact) mass is 403 g/mol. The molecule has 5 heteroatoms. The fraction of sp³-hybridized carbons (Fsp3) is 0.280. The number of hydrogen-bond donors (Lipinski definition) is 1. The van der Waals surface area contributed by atoms with Crippen molar-refractivity contribution in [2.24, 2.45) is 5.73 Å². The molecule has 0 radical (unpaired) electrons. The van der Waals surface area contributed by atoms with E-state index in [1.807, 2.05) is 61.5 Å². The molecule has 2 N–H and O–H groups in total. The molecule has 2 atom stereocenters. The molecule has 0 amide bonds. The molecule has 4 rings (SSSR count). The number of carbonyl (C=O) groups is 2. The lowest BCUT2D eigenvalue weighted by atomic mass is 9.72. The van der Waals surface area contributed by atoms with E-state index in [0.717, 1.165) is 16.7 Å². The molecule has 0 saturated heterocycles.